The van der Waals surface area contributed by atoms with Crippen molar-refractivity contribution in [1.29, 1.82) is 0 Å². The van der Waals surface area contributed by atoms with Gasteiger partial charge in [-0.15, -0.1) is 0 Å². The van der Waals surface area contributed by atoms with Crippen LogP contribution in [0.25, 0.3) is 0 Å². The van der Waals surface area contributed by atoms with Crippen molar-refractivity contribution in [3.8, 4) is 5.75 Å². The number of benzene rings is 2. The van der Waals surface area contributed by atoms with Crippen LogP contribution < -0.4 is 4.74 Å². The van der Waals surface area contributed by atoms with Gasteiger partial charge in [0.1, 0.15) is 5.75 Å². The van der Waals surface area contributed by atoms with E-state index in [2.05, 4.69) is 0 Å². The molecule has 0 N–H and O–H groups in total. The first-order chi connectivity index (χ1) is 13.2. The Labute approximate surface area is 160 Å². The van der Waals surface area contributed by atoms with Gasteiger partial charge in [0.25, 0.3) is 0 Å². The summed E-state index contributed by atoms with van der Waals surface area (Å²) in [6.45, 7) is 2.38. The number of para-hydroxylation sites is 1. The van der Waals surface area contributed by atoms with Gasteiger partial charge in [0, 0.05) is 38.2 Å². The van der Waals surface area contributed by atoms with Gasteiger partial charge < -0.3 is 14.5 Å². The third kappa shape index (κ3) is 5.09. The Bertz CT molecular complexity index is 768. The normalized spacial score (nSPS) is 14.1. The van der Waals surface area contributed by atoms with E-state index < -0.39 is 0 Å². The van der Waals surface area contributed by atoms with Gasteiger partial charge in [0.15, 0.2) is 0 Å². The Morgan fingerprint density at radius 3 is 2.11 bits per heavy atom. The van der Waals surface area contributed by atoms with Crippen LogP contribution in [-0.4, -0.2) is 54.9 Å². The second-order valence-electron chi connectivity index (χ2n) is 6.74. The Balaban J connectivity index is 1.46. The zero-order chi connectivity index (χ0) is 19.1. The van der Waals surface area contributed by atoms with E-state index >= 15 is 0 Å². The van der Waals surface area contributed by atoms with Crippen molar-refractivity contribution in [2.24, 2.45) is 0 Å². The summed E-state index contributed by atoms with van der Waals surface area (Å²) < 4.78 is 5.32. The molecule has 0 saturated carbocycles. The van der Waals surface area contributed by atoms with Crippen LogP contribution in [0.1, 0.15) is 17.5 Å². The first-order valence-electron chi connectivity index (χ1n) is 9.38. The van der Waals surface area contributed by atoms with Crippen LogP contribution in [0.3, 0.4) is 0 Å². The fourth-order valence-electron chi connectivity index (χ4n) is 3.38. The van der Waals surface area contributed by atoms with Crippen molar-refractivity contribution in [3.05, 3.63) is 65.7 Å². The first-order valence-corrected chi connectivity index (χ1v) is 9.38. The summed E-state index contributed by atoms with van der Waals surface area (Å²) in [6, 6.07) is 17.6. The number of carbonyl (C=O) groups excluding carboxylic acids is 2. The summed E-state index contributed by atoms with van der Waals surface area (Å²) in [5, 5.41) is 0. The lowest BCUT2D eigenvalue weighted by atomic mass is 10.1. The number of carbonyl (C=O) groups is 2. The van der Waals surface area contributed by atoms with E-state index in [4.69, 9.17) is 4.74 Å². The molecule has 2 aromatic rings. The van der Waals surface area contributed by atoms with Crippen LogP contribution in [-0.2, 0) is 22.4 Å². The average Bonchev–Trinajstić information content (AvgIpc) is 2.73. The number of methoxy groups -OCH3 is 1. The lowest BCUT2D eigenvalue weighted by molar-refractivity contribution is -0.139. The lowest BCUT2D eigenvalue weighted by Gasteiger charge is -2.35. The molecule has 1 heterocycles. The summed E-state index contributed by atoms with van der Waals surface area (Å²) >= 11 is 0. The standard InChI is InChI=1S/C22H26N2O3/c1-27-20-10-6-5-9-19(20)17-22(26)24-15-13-23(14-16-24)21(25)12-11-18-7-3-2-4-8-18/h2-10H,11-17H2,1H3. The number of rotatable bonds is 6. The highest BCUT2D eigenvalue weighted by Crippen LogP contribution is 2.19. The first kappa shape index (κ1) is 19.0. The summed E-state index contributed by atoms with van der Waals surface area (Å²) in [5.41, 5.74) is 2.07. The molecule has 1 aliphatic rings. The minimum atomic E-state index is 0.0795. The van der Waals surface area contributed by atoms with Crippen molar-refractivity contribution in [2.75, 3.05) is 33.3 Å². The molecular weight excluding hydrogens is 340 g/mol. The minimum absolute atomic E-state index is 0.0795. The fraction of sp³-hybridized carbons (Fsp3) is 0.364. The van der Waals surface area contributed by atoms with Gasteiger partial charge in [-0.3, -0.25) is 9.59 Å². The van der Waals surface area contributed by atoms with E-state index in [1.54, 1.807) is 7.11 Å². The monoisotopic (exact) mass is 366 g/mol. The highest BCUT2D eigenvalue weighted by atomic mass is 16.5. The van der Waals surface area contributed by atoms with Crippen LogP contribution in [0, 0.1) is 0 Å². The number of hydrogen-bond acceptors (Lipinski definition) is 3. The van der Waals surface area contributed by atoms with Gasteiger partial charge in [-0.05, 0) is 18.1 Å². The third-order valence-corrected chi connectivity index (χ3v) is 4.99. The molecule has 3 rings (SSSR count). The number of piperazine rings is 1. The van der Waals surface area contributed by atoms with Gasteiger partial charge in [0.2, 0.25) is 11.8 Å². The van der Waals surface area contributed by atoms with Crippen LogP contribution in [0.2, 0.25) is 0 Å². The Kier molecular flexibility index (Phi) is 6.47. The summed E-state index contributed by atoms with van der Waals surface area (Å²) in [5.74, 6) is 0.979. The predicted octanol–water partition coefficient (Wildman–Crippen LogP) is 2.54. The zero-order valence-corrected chi connectivity index (χ0v) is 15.8. The number of aryl methyl sites for hydroxylation is 1. The van der Waals surface area contributed by atoms with Crippen LogP contribution >= 0.6 is 0 Å². The second-order valence-corrected chi connectivity index (χ2v) is 6.74. The molecule has 5 nitrogen and oxygen atoms in total. The van der Waals surface area contributed by atoms with Gasteiger partial charge in [-0.2, -0.15) is 0 Å². The third-order valence-electron chi connectivity index (χ3n) is 4.99. The molecule has 142 valence electrons. The molecule has 0 atom stereocenters. The molecule has 0 bridgehead atoms. The highest BCUT2D eigenvalue weighted by molar-refractivity contribution is 5.80. The predicted molar refractivity (Wildman–Crippen MR) is 105 cm³/mol. The van der Waals surface area contributed by atoms with Crippen LogP contribution in [0.5, 0.6) is 5.75 Å². The maximum atomic E-state index is 12.6. The number of hydrogen-bond donors (Lipinski definition) is 0. The molecule has 0 radical (unpaired) electrons. The maximum Gasteiger partial charge on any atom is 0.227 e. The van der Waals surface area contributed by atoms with Crippen molar-refractivity contribution in [1.82, 2.24) is 9.80 Å². The number of nitrogens with zero attached hydrogens (tertiary/aromatic N) is 2. The Hall–Kier alpha value is -2.82. The molecule has 27 heavy (non-hydrogen) atoms. The number of amides is 2. The van der Waals surface area contributed by atoms with Crippen molar-refractivity contribution in [2.45, 2.75) is 19.3 Å². The Morgan fingerprint density at radius 1 is 0.852 bits per heavy atom. The van der Waals surface area contributed by atoms with Gasteiger partial charge in [-0.25, -0.2) is 0 Å². The molecule has 0 unspecified atom stereocenters. The fourth-order valence-corrected chi connectivity index (χ4v) is 3.38. The molecule has 0 aliphatic carbocycles. The molecule has 2 aromatic carbocycles. The highest BCUT2D eigenvalue weighted by Gasteiger charge is 2.24. The van der Waals surface area contributed by atoms with Gasteiger partial charge in [-0.1, -0.05) is 48.5 Å². The number of ether oxygens (including phenoxy) is 1. The van der Waals surface area contributed by atoms with Crippen LogP contribution in [0.15, 0.2) is 54.6 Å². The van der Waals surface area contributed by atoms with Crippen LogP contribution in [0.4, 0.5) is 0 Å². The molecule has 1 aliphatic heterocycles. The largest absolute Gasteiger partial charge is 0.496 e. The SMILES string of the molecule is COc1ccccc1CC(=O)N1CCN(C(=O)CCc2ccccc2)CC1. The summed E-state index contributed by atoms with van der Waals surface area (Å²) in [6.07, 6.45) is 1.60. The molecule has 5 heteroatoms. The van der Waals surface area contributed by atoms with E-state index in [0.717, 1.165) is 17.7 Å². The Morgan fingerprint density at radius 2 is 1.44 bits per heavy atom. The molecule has 0 aromatic heterocycles. The van der Waals surface area contributed by atoms with E-state index in [9.17, 15) is 9.59 Å². The van der Waals surface area contributed by atoms with E-state index in [1.165, 1.54) is 5.56 Å². The lowest BCUT2D eigenvalue weighted by Crippen LogP contribution is -2.51. The van der Waals surface area contributed by atoms with Crippen molar-refractivity contribution < 1.29 is 14.3 Å². The summed E-state index contributed by atoms with van der Waals surface area (Å²) in [4.78, 5) is 28.7. The van der Waals surface area contributed by atoms with E-state index in [0.29, 0.717) is 39.0 Å². The van der Waals surface area contributed by atoms with Gasteiger partial charge >= 0.3 is 0 Å². The van der Waals surface area contributed by atoms with Crippen molar-refractivity contribution in [3.63, 3.8) is 0 Å². The van der Waals surface area contributed by atoms with E-state index in [-0.39, 0.29) is 11.8 Å². The smallest absolute Gasteiger partial charge is 0.227 e. The molecular formula is C22H26N2O3. The average molecular weight is 366 g/mol. The molecule has 1 fully saturated rings. The van der Waals surface area contributed by atoms with Crippen molar-refractivity contribution >= 4 is 11.8 Å². The van der Waals surface area contributed by atoms with E-state index in [1.807, 2.05) is 64.4 Å². The van der Waals surface area contributed by atoms with Gasteiger partial charge in [0.05, 0.1) is 13.5 Å². The quantitative estimate of drug-likeness (QED) is 0.789. The topological polar surface area (TPSA) is 49.9 Å². The zero-order valence-electron chi connectivity index (χ0n) is 15.8. The minimum Gasteiger partial charge on any atom is -0.496 e. The molecule has 2 amide bonds. The molecule has 1 saturated heterocycles. The summed E-state index contributed by atoms with van der Waals surface area (Å²) in [7, 11) is 1.61. The second kappa shape index (κ2) is 9.21. The molecule has 0 spiro atoms. The maximum absolute atomic E-state index is 12.6.